The van der Waals surface area contributed by atoms with E-state index in [4.69, 9.17) is 4.74 Å². The number of nitrogens with zero attached hydrogens (tertiary/aromatic N) is 3. The molecule has 0 unspecified atom stereocenters. The van der Waals surface area contributed by atoms with Crippen molar-refractivity contribution in [3.63, 3.8) is 0 Å². The minimum atomic E-state index is -2.85. The van der Waals surface area contributed by atoms with Crippen LogP contribution in [0, 0.1) is 6.92 Å². The predicted molar refractivity (Wildman–Crippen MR) is 109 cm³/mol. The van der Waals surface area contributed by atoms with Crippen LogP contribution in [0.4, 0.5) is 8.78 Å². The topological polar surface area (TPSA) is 48.1 Å². The van der Waals surface area contributed by atoms with Gasteiger partial charge in [0.05, 0.1) is 25.1 Å². The van der Waals surface area contributed by atoms with Crippen LogP contribution in [0.2, 0.25) is 0 Å². The second kappa shape index (κ2) is 9.72. The highest BCUT2D eigenvalue weighted by molar-refractivity contribution is 7.13. The quantitative estimate of drug-likeness (QED) is 0.392. The van der Waals surface area contributed by atoms with Gasteiger partial charge in [-0.25, -0.2) is 4.68 Å². The van der Waals surface area contributed by atoms with Crippen LogP contribution in [0.25, 0.3) is 11.3 Å². The van der Waals surface area contributed by atoms with Crippen molar-refractivity contribution in [1.82, 2.24) is 4.68 Å². The third-order valence-electron chi connectivity index (χ3n) is 3.66. The van der Waals surface area contributed by atoms with Crippen molar-refractivity contribution in [2.75, 3.05) is 20.3 Å². The molecule has 0 fully saturated rings. The van der Waals surface area contributed by atoms with Crippen LogP contribution in [-0.2, 0) is 4.74 Å². The first-order valence-electron chi connectivity index (χ1n) is 8.43. The number of ether oxygens (including phenoxy) is 2. The molecule has 148 valence electrons. The van der Waals surface area contributed by atoms with Crippen LogP contribution < -0.4 is 9.54 Å². The summed E-state index contributed by atoms with van der Waals surface area (Å²) in [5.74, 6) is 0.114. The Bertz CT molecular complexity index is 991. The second-order valence-electron chi connectivity index (χ2n) is 5.69. The largest absolute Gasteiger partial charge is 0.435 e. The zero-order valence-corrected chi connectivity index (χ0v) is 17.0. The van der Waals surface area contributed by atoms with Gasteiger partial charge in [0.2, 0.25) is 4.80 Å². The van der Waals surface area contributed by atoms with Crippen molar-refractivity contribution in [2.24, 2.45) is 10.1 Å². The molecule has 2 aromatic heterocycles. The molecule has 2 heterocycles. The Balaban J connectivity index is 1.96. The summed E-state index contributed by atoms with van der Waals surface area (Å²) in [5, 5.41) is 6.54. The zero-order chi connectivity index (χ0) is 19.9. The Morgan fingerprint density at radius 1 is 1.18 bits per heavy atom. The number of aromatic nitrogens is 1. The normalized spacial score (nSPS) is 12.4. The number of methoxy groups -OCH3 is 1. The third kappa shape index (κ3) is 5.34. The van der Waals surface area contributed by atoms with Gasteiger partial charge in [-0.1, -0.05) is 0 Å². The number of hydrogen-bond acceptors (Lipinski definition) is 6. The molecule has 0 atom stereocenters. The fraction of sp³-hybridized carbons (Fsp3) is 0.263. The number of aryl methyl sites for hydroxylation is 1. The summed E-state index contributed by atoms with van der Waals surface area (Å²) in [7, 11) is 1.63. The summed E-state index contributed by atoms with van der Waals surface area (Å²) in [6, 6.07) is 10.5. The first-order chi connectivity index (χ1) is 13.6. The summed E-state index contributed by atoms with van der Waals surface area (Å²) in [5.41, 5.74) is 1.64. The van der Waals surface area contributed by atoms with Crippen LogP contribution in [0.1, 0.15) is 9.75 Å². The maximum absolute atomic E-state index is 12.4. The molecular formula is C19H19F2N3O2S2. The predicted octanol–water partition coefficient (Wildman–Crippen LogP) is 4.62. The summed E-state index contributed by atoms with van der Waals surface area (Å²) >= 11 is 3.10. The Morgan fingerprint density at radius 3 is 2.61 bits per heavy atom. The number of thiophene rings is 1. The summed E-state index contributed by atoms with van der Waals surface area (Å²) in [6.45, 7) is 0.230. The molecule has 28 heavy (non-hydrogen) atoms. The van der Waals surface area contributed by atoms with Crippen molar-refractivity contribution >= 4 is 28.9 Å². The SMILES string of the molecule is COCCN=c1scc(-c2ccc(OC(F)F)cc2)n1/N=C\c1ccc(C)s1. The Kier molecular flexibility index (Phi) is 7.07. The van der Waals surface area contributed by atoms with Gasteiger partial charge in [0, 0.05) is 27.8 Å². The average Bonchev–Trinajstić information content (AvgIpc) is 3.26. The summed E-state index contributed by atoms with van der Waals surface area (Å²) < 4.78 is 35.9. The van der Waals surface area contributed by atoms with Gasteiger partial charge in [-0.15, -0.1) is 22.7 Å². The number of benzene rings is 1. The van der Waals surface area contributed by atoms with Crippen LogP contribution in [0.3, 0.4) is 0 Å². The maximum Gasteiger partial charge on any atom is 0.387 e. The molecule has 3 aromatic rings. The standard InChI is InChI=1S/C19H19F2N3O2S2/c1-13-3-8-16(28-13)11-23-24-17(12-27-19(24)22-9-10-25-2)14-4-6-15(7-5-14)26-18(20)21/h3-8,11-12,18H,9-10H2,1-2H3/b22-19?,23-11-. The number of halogens is 2. The monoisotopic (exact) mass is 423 g/mol. The van der Waals surface area contributed by atoms with Gasteiger partial charge < -0.3 is 9.47 Å². The van der Waals surface area contributed by atoms with Crippen molar-refractivity contribution in [3.8, 4) is 17.0 Å². The van der Waals surface area contributed by atoms with Gasteiger partial charge in [0.1, 0.15) is 5.75 Å². The summed E-state index contributed by atoms with van der Waals surface area (Å²) in [4.78, 5) is 7.50. The van der Waals surface area contributed by atoms with Crippen LogP contribution in [0.5, 0.6) is 5.75 Å². The minimum Gasteiger partial charge on any atom is -0.435 e. The molecule has 0 saturated carbocycles. The lowest BCUT2D eigenvalue weighted by Crippen LogP contribution is -2.13. The number of alkyl halides is 2. The lowest BCUT2D eigenvalue weighted by molar-refractivity contribution is -0.0498. The van der Waals surface area contributed by atoms with E-state index in [1.165, 1.54) is 28.3 Å². The van der Waals surface area contributed by atoms with E-state index in [0.717, 1.165) is 20.9 Å². The third-order valence-corrected chi connectivity index (χ3v) is 5.45. The number of rotatable bonds is 8. The van der Waals surface area contributed by atoms with Crippen LogP contribution in [-0.4, -0.2) is 37.8 Å². The van der Waals surface area contributed by atoms with Crippen molar-refractivity contribution in [2.45, 2.75) is 13.5 Å². The molecule has 5 nitrogen and oxygen atoms in total. The molecule has 0 amide bonds. The molecule has 0 aliphatic carbocycles. The van der Waals surface area contributed by atoms with Gasteiger partial charge >= 0.3 is 6.61 Å². The lowest BCUT2D eigenvalue weighted by Gasteiger charge is -2.06. The van der Waals surface area contributed by atoms with E-state index < -0.39 is 6.61 Å². The van der Waals surface area contributed by atoms with Crippen molar-refractivity contribution in [1.29, 1.82) is 0 Å². The molecule has 0 spiro atoms. The van der Waals surface area contributed by atoms with Crippen LogP contribution in [0.15, 0.2) is 51.9 Å². The van der Waals surface area contributed by atoms with E-state index in [-0.39, 0.29) is 5.75 Å². The highest BCUT2D eigenvalue weighted by atomic mass is 32.1. The van der Waals surface area contributed by atoms with Crippen LogP contribution >= 0.6 is 22.7 Å². The van der Waals surface area contributed by atoms with Gasteiger partial charge in [-0.05, 0) is 43.3 Å². The molecule has 0 N–H and O–H groups in total. The van der Waals surface area contributed by atoms with Gasteiger partial charge in [0.15, 0.2) is 0 Å². The van der Waals surface area contributed by atoms with Crippen molar-refractivity contribution in [3.05, 3.63) is 56.3 Å². The van der Waals surface area contributed by atoms with E-state index in [9.17, 15) is 8.78 Å². The fourth-order valence-electron chi connectivity index (χ4n) is 2.39. The molecular weight excluding hydrogens is 404 g/mol. The minimum absolute atomic E-state index is 0.114. The van der Waals surface area contributed by atoms with Gasteiger partial charge in [-0.3, -0.25) is 4.99 Å². The molecule has 1 aromatic carbocycles. The Morgan fingerprint density at radius 2 is 1.96 bits per heavy atom. The smallest absolute Gasteiger partial charge is 0.387 e. The van der Waals surface area contributed by atoms with Crippen molar-refractivity contribution < 1.29 is 18.3 Å². The Hall–Kier alpha value is -2.36. The van der Waals surface area contributed by atoms with E-state index in [2.05, 4.69) is 14.8 Å². The molecule has 9 heteroatoms. The maximum atomic E-state index is 12.4. The average molecular weight is 424 g/mol. The highest BCUT2D eigenvalue weighted by Crippen LogP contribution is 2.24. The summed E-state index contributed by atoms with van der Waals surface area (Å²) in [6.07, 6.45) is 1.79. The van der Waals surface area contributed by atoms with Gasteiger partial charge in [-0.2, -0.15) is 13.9 Å². The highest BCUT2D eigenvalue weighted by Gasteiger charge is 2.09. The molecule has 0 radical (unpaired) electrons. The molecule has 0 saturated heterocycles. The van der Waals surface area contributed by atoms with E-state index in [1.807, 2.05) is 24.4 Å². The number of thiazole rings is 1. The van der Waals surface area contributed by atoms with E-state index >= 15 is 0 Å². The van der Waals surface area contributed by atoms with E-state index in [1.54, 1.807) is 41.5 Å². The second-order valence-corrected chi connectivity index (χ2v) is 7.84. The molecule has 3 rings (SSSR count). The number of hydrogen-bond donors (Lipinski definition) is 0. The molecule has 0 aliphatic heterocycles. The van der Waals surface area contributed by atoms with E-state index in [0.29, 0.717) is 13.2 Å². The fourth-order valence-corrected chi connectivity index (χ4v) is 4.00. The zero-order valence-electron chi connectivity index (χ0n) is 15.3. The Labute approximate surface area is 169 Å². The lowest BCUT2D eigenvalue weighted by atomic mass is 10.2. The van der Waals surface area contributed by atoms with Gasteiger partial charge in [0.25, 0.3) is 0 Å². The first-order valence-corrected chi connectivity index (χ1v) is 10.1. The molecule has 0 bridgehead atoms. The molecule has 0 aliphatic rings. The first kappa shape index (κ1) is 20.4.